The Morgan fingerprint density at radius 1 is 1.33 bits per heavy atom. The van der Waals surface area contributed by atoms with Crippen LogP contribution in [0.3, 0.4) is 0 Å². The van der Waals surface area contributed by atoms with Gasteiger partial charge < -0.3 is 5.73 Å². The van der Waals surface area contributed by atoms with Crippen molar-refractivity contribution in [2.24, 2.45) is 16.6 Å². The molecule has 1 fully saturated rings. The fourth-order valence-corrected chi connectivity index (χ4v) is 3.40. The third kappa shape index (κ3) is 2.59. The van der Waals surface area contributed by atoms with Gasteiger partial charge in [0.05, 0.1) is 0 Å². The third-order valence-electron chi connectivity index (χ3n) is 2.80. The van der Waals surface area contributed by atoms with Gasteiger partial charge in [-0.25, -0.2) is 0 Å². The van der Waals surface area contributed by atoms with Crippen molar-refractivity contribution in [3.8, 4) is 0 Å². The molecule has 1 nitrogen and oxygen atoms in total. The molecule has 2 atom stereocenters. The highest BCUT2D eigenvalue weighted by Crippen LogP contribution is 2.46. The van der Waals surface area contributed by atoms with Gasteiger partial charge in [0.2, 0.25) is 0 Å². The SMILES string of the molecule is CC1(C)CC(N)CC(C)(CI)C1. The Kier molecular flexibility index (Phi) is 3.09. The average molecular weight is 281 g/mol. The maximum absolute atomic E-state index is 6.06. The molecule has 12 heavy (non-hydrogen) atoms. The molecule has 0 aromatic rings. The van der Waals surface area contributed by atoms with Crippen LogP contribution in [0, 0.1) is 10.8 Å². The van der Waals surface area contributed by atoms with E-state index in [-0.39, 0.29) is 0 Å². The van der Waals surface area contributed by atoms with Gasteiger partial charge in [-0.3, -0.25) is 0 Å². The van der Waals surface area contributed by atoms with Gasteiger partial charge in [0.1, 0.15) is 0 Å². The normalized spacial score (nSPS) is 41.2. The van der Waals surface area contributed by atoms with E-state index in [0.717, 1.165) is 0 Å². The minimum atomic E-state index is 0.425. The van der Waals surface area contributed by atoms with Crippen LogP contribution in [0.1, 0.15) is 40.0 Å². The largest absolute Gasteiger partial charge is 0.328 e. The van der Waals surface area contributed by atoms with Crippen LogP contribution in [0.5, 0.6) is 0 Å². The highest BCUT2D eigenvalue weighted by atomic mass is 127. The second-order valence-corrected chi connectivity index (χ2v) is 6.22. The smallest absolute Gasteiger partial charge is 0.00501 e. The lowest BCUT2D eigenvalue weighted by Crippen LogP contribution is -2.43. The summed E-state index contributed by atoms with van der Waals surface area (Å²) in [6, 6.07) is 0.425. The van der Waals surface area contributed by atoms with Crippen molar-refractivity contribution < 1.29 is 0 Å². The summed E-state index contributed by atoms with van der Waals surface area (Å²) in [7, 11) is 0. The highest BCUT2D eigenvalue weighted by Gasteiger charge is 2.39. The predicted molar refractivity (Wildman–Crippen MR) is 62.6 cm³/mol. The monoisotopic (exact) mass is 281 g/mol. The maximum Gasteiger partial charge on any atom is 0.00501 e. The van der Waals surface area contributed by atoms with Crippen molar-refractivity contribution >= 4 is 22.6 Å². The van der Waals surface area contributed by atoms with Crippen molar-refractivity contribution in [2.45, 2.75) is 46.1 Å². The Morgan fingerprint density at radius 2 is 1.92 bits per heavy atom. The van der Waals surface area contributed by atoms with Gasteiger partial charge in [-0.2, -0.15) is 0 Å². The zero-order valence-corrected chi connectivity index (χ0v) is 10.5. The fourth-order valence-electron chi connectivity index (χ4n) is 2.82. The molecule has 0 radical (unpaired) electrons. The topological polar surface area (TPSA) is 26.0 Å². The third-order valence-corrected chi connectivity index (χ3v) is 4.64. The average Bonchev–Trinajstić information content (AvgIpc) is 1.82. The summed E-state index contributed by atoms with van der Waals surface area (Å²) in [6.45, 7) is 7.06. The molecule has 2 unspecified atom stereocenters. The van der Waals surface area contributed by atoms with Crippen LogP contribution in [0.15, 0.2) is 0 Å². The molecule has 2 N–H and O–H groups in total. The van der Waals surface area contributed by atoms with Crippen LogP contribution >= 0.6 is 22.6 Å². The standard InChI is InChI=1S/C10H20IN/c1-9(2)4-8(12)5-10(3,6-9)7-11/h8H,4-7,12H2,1-3H3. The summed E-state index contributed by atoms with van der Waals surface area (Å²) in [4.78, 5) is 0. The van der Waals surface area contributed by atoms with Crippen molar-refractivity contribution in [3.05, 3.63) is 0 Å². The van der Waals surface area contributed by atoms with Crippen molar-refractivity contribution in [2.75, 3.05) is 4.43 Å². The molecule has 0 aromatic heterocycles. The molecular formula is C10H20IN. The zero-order chi connectivity index (χ0) is 9.41. The summed E-state index contributed by atoms with van der Waals surface area (Å²) in [5, 5.41) is 0. The van der Waals surface area contributed by atoms with E-state index in [4.69, 9.17) is 5.73 Å². The van der Waals surface area contributed by atoms with E-state index in [1.807, 2.05) is 0 Å². The molecule has 1 rings (SSSR count). The lowest BCUT2D eigenvalue weighted by atomic mass is 9.64. The van der Waals surface area contributed by atoms with Gasteiger partial charge in [0, 0.05) is 10.5 Å². The molecule has 1 aliphatic rings. The summed E-state index contributed by atoms with van der Waals surface area (Å²) < 4.78 is 1.24. The second-order valence-electron chi connectivity index (χ2n) is 5.45. The fraction of sp³-hybridized carbons (Fsp3) is 1.00. The van der Waals surface area contributed by atoms with E-state index in [9.17, 15) is 0 Å². The first-order valence-electron chi connectivity index (χ1n) is 4.68. The minimum absolute atomic E-state index is 0.425. The van der Waals surface area contributed by atoms with Gasteiger partial charge in [0.25, 0.3) is 0 Å². The van der Waals surface area contributed by atoms with Gasteiger partial charge in [0.15, 0.2) is 0 Å². The molecule has 1 aliphatic carbocycles. The zero-order valence-electron chi connectivity index (χ0n) is 8.36. The summed E-state index contributed by atoms with van der Waals surface area (Å²) in [5.74, 6) is 0. The summed E-state index contributed by atoms with van der Waals surface area (Å²) in [6.07, 6.45) is 3.73. The molecule has 0 heterocycles. The first-order chi connectivity index (χ1) is 5.37. The summed E-state index contributed by atoms with van der Waals surface area (Å²) in [5.41, 5.74) is 7.00. The number of halogens is 1. The van der Waals surface area contributed by atoms with Crippen LogP contribution in [0.2, 0.25) is 0 Å². The van der Waals surface area contributed by atoms with E-state index in [1.165, 1.54) is 23.7 Å². The Hall–Kier alpha value is 0.690. The molecule has 0 spiro atoms. The second kappa shape index (κ2) is 3.45. The van der Waals surface area contributed by atoms with Gasteiger partial charge in [-0.1, -0.05) is 43.4 Å². The van der Waals surface area contributed by atoms with Gasteiger partial charge in [-0.05, 0) is 30.1 Å². The molecular weight excluding hydrogens is 261 g/mol. The first-order valence-corrected chi connectivity index (χ1v) is 6.21. The van der Waals surface area contributed by atoms with Crippen LogP contribution < -0.4 is 5.73 Å². The molecule has 0 saturated heterocycles. The van der Waals surface area contributed by atoms with Crippen LogP contribution in [-0.4, -0.2) is 10.5 Å². The number of alkyl halides is 1. The van der Waals surface area contributed by atoms with Crippen molar-refractivity contribution in [1.29, 1.82) is 0 Å². The Labute approximate surface area is 89.6 Å². The van der Waals surface area contributed by atoms with Crippen LogP contribution in [0.4, 0.5) is 0 Å². The van der Waals surface area contributed by atoms with Crippen LogP contribution in [0.25, 0.3) is 0 Å². The Balaban J connectivity index is 2.70. The molecule has 0 amide bonds. The van der Waals surface area contributed by atoms with Crippen molar-refractivity contribution in [1.82, 2.24) is 0 Å². The predicted octanol–water partition coefficient (Wildman–Crippen LogP) is 2.97. The number of hydrogen-bond donors (Lipinski definition) is 1. The molecule has 0 aliphatic heterocycles. The maximum atomic E-state index is 6.06. The van der Waals surface area contributed by atoms with Crippen LogP contribution in [-0.2, 0) is 0 Å². The van der Waals surface area contributed by atoms with E-state index in [1.54, 1.807) is 0 Å². The number of nitrogens with two attached hydrogens (primary N) is 1. The van der Waals surface area contributed by atoms with E-state index >= 15 is 0 Å². The number of hydrogen-bond acceptors (Lipinski definition) is 1. The number of rotatable bonds is 1. The Bertz CT molecular complexity index is 167. The van der Waals surface area contributed by atoms with Gasteiger partial charge in [-0.15, -0.1) is 0 Å². The van der Waals surface area contributed by atoms with E-state index < -0.39 is 0 Å². The minimum Gasteiger partial charge on any atom is -0.328 e. The van der Waals surface area contributed by atoms with E-state index in [2.05, 4.69) is 43.4 Å². The molecule has 1 saturated carbocycles. The Morgan fingerprint density at radius 3 is 2.33 bits per heavy atom. The lowest BCUT2D eigenvalue weighted by molar-refractivity contribution is 0.105. The molecule has 2 heteroatoms. The molecule has 0 aromatic carbocycles. The summed E-state index contributed by atoms with van der Waals surface area (Å²) >= 11 is 2.49. The lowest BCUT2D eigenvalue weighted by Gasteiger charge is -2.45. The molecule has 72 valence electrons. The van der Waals surface area contributed by atoms with Gasteiger partial charge >= 0.3 is 0 Å². The highest BCUT2D eigenvalue weighted by molar-refractivity contribution is 14.1. The quantitative estimate of drug-likeness (QED) is 0.580. The molecule has 0 bridgehead atoms. The first kappa shape index (κ1) is 10.8. The van der Waals surface area contributed by atoms with Crippen molar-refractivity contribution in [3.63, 3.8) is 0 Å². The van der Waals surface area contributed by atoms with E-state index in [0.29, 0.717) is 16.9 Å².